The zero-order valence-corrected chi connectivity index (χ0v) is 13.2. The molecule has 0 heterocycles. The van der Waals surface area contributed by atoms with E-state index in [-0.39, 0.29) is 17.3 Å². The predicted molar refractivity (Wildman–Crippen MR) is 84.4 cm³/mol. The third-order valence-electron chi connectivity index (χ3n) is 4.02. The second-order valence-corrected chi connectivity index (χ2v) is 6.92. The average molecular weight is 334 g/mol. The Bertz CT molecular complexity index is 651. The van der Waals surface area contributed by atoms with Gasteiger partial charge in [0.05, 0.1) is 6.04 Å². The molecule has 0 radical (unpaired) electrons. The van der Waals surface area contributed by atoms with E-state index in [9.17, 15) is 4.39 Å². The maximum atomic E-state index is 13.2. The van der Waals surface area contributed by atoms with Crippen molar-refractivity contribution in [3.05, 3.63) is 63.9 Å². The van der Waals surface area contributed by atoms with Crippen LogP contribution in [0.1, 0.15) is 31.0 Å². The smallest absolute Gasteiger partial charge is 0.124 e. The summed E-state index contributed by atoms with van der Waals surface area (Å²) >= 11 is 3.43. The molecule has 1 N–H and O–H groups in total. The van der Waals surface area contributed by atoms with Crippen LogP contribution in [0, 0.1) is 11.2 Å². The van der Waals surface area contributed by atoms with E-state index in [2.05, 4.69) is 59.4 Å². The van der Waals surface area contributed by atoms with Crippen molar-refractivity contribution < 1.29 is 4.39 Å². The van der Waals surface area contributed by atoms with Gasteiger partial charge in [0.1, 0.15) is 5.82 Å². The molecular formula is C17H17BrFN. The molecule has 1 unspecified atom stereocenters. The highest BCUT2D eigenvalue weighted by Crippen LogP contribution is 2.47. The van der Waals surface area contributed by atoms with Crippen LogP contribution in [0.25, 0.3) is 0 Å². The van der Waals surface area contributed by atoms with Crippen LogP contribution >= 0.6 is 15.9 Å². The minimum Gasteiger partial charge on any atom is -0.377 e. The van der Waals surface area contributed by atoms with Crippen LogP contribution in [0.4, 0.5) is 10.1 Å². The SMILES string of the molecule is CC1(C)Cc2ccccc2C1Nc1ccc(F)cc1Br. The predicted octanol–water partition coefficient (Wildman–Crippen LogP) is 5.32. The Morgan fingerprint density at radius 1 is 1.20 bits per heavy atom. The lowest BCUT2D eigenvalue weighted by Gasteiger charge is -2.30. The van der Waals surface area contributed by atoms with Crippen LogP contribution in [0.2, 0.25) is 0 Å². The highest BCUT2D eigenvalue weighted by molar-refractivity contribution is 9.10. The van der Waals surface area contributed by atoms with Crippen molar-refractivity contribution in [1.82, 2.24) is 0 Å². The largest absolute Gasteiger partial charge is 0.377 e. The van der Waals surface area contributed by atoms with E-state index < -0.39 is 0 Å². The van der Waals surface area contributed by atoms with E-state index in [4.69, 9.17) is 0 Å². The van der Waals surface area contributed by atoms with Crippen LogP contribution in [0.15, 0.2) is 46.9 Å². The molecule has 2 aromatic rings. The van der Waals surface area contributed by atoms with E-state index in [1.807, 2.05) is 0 Å². The molecule has 3 rings (SSSR count). The highest BCUT2D eigenvalue weighted by atomic mass is 79.9. The maximum absolute atomic E-state index is 13.2. The van der Waals surface area contributed by atoms with Crippen LogP contribution in [0.5, 0.6) is 0 Å². The summed E-state index contributed by atoms with van der Waals surface area (Å²) in [6.07, 6.45) is 1.06. The molecule has 3 heteroatoms. The molecule has 0 aromatic heterocycles. The quantitative estimate of drug-likeness (QED) is 0.783. The van der Waals surface area contributed by atoms with Gasteiger partial charge in [-0.05, 0) is 57.1 Å². The average Bonchev–Trinajstić information content (AvgIpc) is 2.63. The van der Waals surface area contributed by atoms with Gasteiger partial charge in [0.2, 0.25) is 0 Å². The molecule has 1 atom stereocenters. The number of hydrogen-bond acceptors (Lipinski definition) is 1. The summed E-state index contributed by atoms with van der Waals surface area (Å²) in [6, 6.07) is 13.5. The third kappa shape index (κ3) is 2.35. The fourth-order valence-corrected chi connectivity index (χ4v) is 3.49. The molecule has 0 saturated carbocycles. The van der Waals surface area contributed by atoms with Gasteiger partial charge in [-0.3, -0.25) is 0 Å². The van der Waals surface area contributed by atoms with Gasteiger partial charge in [0.15, 0.2) is 0 Å². The Hall–Kier alpha value is -1.35. The zero-order valence-electron chi connectivity index (χ0n) is 11.6. The molecule has 1 aliphatic rings. The number of rotatable bonds is 2. The van der Waals surface area contributed by atoms with Gasteiger partial charge in [0.25, 0.3) is 0 Å². The van der Waals surface area contributed by atoms with Crippen LogP contribution < -0.4 is 5.32 Å². The summed E-state index contributed by atoms with van der Waals surface area (Å²) in [7, 11) is 0. The van der Waals surface area contributed by atoms with Gasteiger partial charge >= 0.3 is 0 Å². The van der Waals surface area contributed by atoms with Crippen molar-refractivity contribution in [2.75, 3.05) is 5.32 Å². The number of nitrogens with one attached hydrogen (secondary N) is 1. The Labute approximate surface area is 127 Å². The molecule has 0 fully saturated rings. The minimum absolute atomic E-state index is 0.136. The van der Waals surface area contributed by atoms with Crippen LogP contribution in [-0.4, -0.2) is 0 Å². The third-order valence-corrected chi connectivity index (χ3v) is 4.68. The molecule has 0 amide bonds. The molecule has 0 bridgehead atoms. The molecule has 0 aliphatic heterocycles. The standard InChI is InChI=1S/C17H17BrFN/c1-17(2)10-11-5-3-4-6-13(11)16(17)20-15-8-7-12(19)9-14(15)18/h3-9,16,20H,10H2,1-2H3. The lowest BCUT2D eigenvalue weighted by atomic mass is 9.85. The second kappa shape index (κ2) is 4.88. The Balaban J connectivity index is 1.97. The van der Waals surface area contributed by atoms with Crippen molar-refractivity contribution >= 4 is 21.6 Å². The van der Waals surface area contributed by atoms with Crippen molar-refractivity contribution in [3.63, 3.8) is 0 Å². The van der Waals surface area contributed by atoms with Crippen molar-refractivity contribution in [3.8, 4) is 0 Å². The van der Waals surface area contributed by atoms with Gasteiger partial charge < -0.3 is 5.32 Å². The molecule has 2 aromatic carbocycles. The Kier molecular flexibility index (Phi) is 3.33. The Morgan fingerprint density at radius 3 is 2.70 bits per heavy atom. The monoisotopic (exact) mass is 333 g/mol. The lowest BCUT2D eigenvalue weighted by Crippen LogP contribution is -2.24. The number of anilines is 1. The first-order valence-electron chi connectivity index (χ1n) is 6.77. The molecule has 20 heavy (non-hydrogen) atoms. The first kappa shape index (κ1) is 13.6. The molecule has 0 spiro atoms. The summed E-state index contributed by atoms with van der Waals surface area (Å²) in [5, 5.41) is 3.57. The first-order chi connectivity index (χ1) is 9.47. The van der Waals surface area contributed by atoms with Crippen molar-refractivity contribution in [2.24, 2.45) is 5.41 Å². The molecule has 1 aliphatic carbocycles. The molecule has 1 nitrogen and oxygen atoms in total. The topological polar surface area (TPSA) is 12.0 Å². The summed E-state index contributed by atoms with van der Waals surface area (Å²) in [5.41, 5.74) is 3.81. The number of benzene rings is 2. The fraction of sp³-hybridized carbons (Fsp3) is 0.294. The van der Waals surface area contributed by atoms with Gasteiger partial charge in [-0.25, -0.2) is 4.39 Å². The van der Waals surface area contributed by atoms with Gasteiger partial charge in [0, 0.05) is 10.2 Å². The Morgan fingerprint density at radius 2 is 1.95 bits per heavy atom. The maximum Gasteiger partial charge on any atom is 0.124 e. The van der Waals surface area contributed by atoms with Gasteiger partial charge in [-0.1, -0.05) is 38.1 Å². The minimum atomic E-state index is -0.228. The van der Waals surface area contributed by atoms with Gasteiger partial charge in [-0.15, -0.1) is 0 Å². The number of halogens is 2. The van der Waals surface area contributed by atoms with E-state index >= 15 is 0 Å². The van der Waals surface area contributed by atoms with Crippen molar-refractivity contribution in [2.45, 2.75) is 26.3 Å². The second-order valence-electron chi connectivity index (χ2n) is 6.07. The van der Waals surface area contributed by atoms with Crippen LogP contribution in [0.3, 0.4) is 0 Å². The van der Waals surface area contributed by atoms with E-state index in [0.29, 0.717) is 0 Å². The number of hydrogen-bond donors (Lipinski definition) is 1. The van der Waals surface area contributed by atoms with E-state index in [0.717, 1.165) is 16.6 Å². The highest BCUT2D eigenvalue weighted by Gasteiger charge is 2.38. The fourth-order valence-electron chi connectivity index (χ4n) is 3.03. The van der Waals surface area contributed by atoms with Crippen LogP contribution in [-0.2, 0) is 6.42 Å². The molecular weight excluding hydrogens is 317 g/mol. The van der Waals surface area contributed by atoms with E-state index in [1.165, 1.54) is 23.3 Å². The normalized spacial score (nSPS) is 19.7. The first-order valence-corrected chi connectivity index (χ1v) is 7.56. The number of fused-ring (bicyclic) bond motifs is 1. The molecule has 0 saturated heterocycles. The summed E-state index contributed by atoms with van der Waals surface area (Å²) < 4.78 is 14.0. The molecule has 104 valence electrons. The summed E-state index contributed by atoms with van der Waals surface area (Å²) in [6.45, 7) is 4.53. The van der Waals surface area contributed by atoms with Gasteiger partial charge in [-0.2, -0.15) is 0 Å². The summed E-state index contributed by atoms with van der Waals surface area (Å²) in [4.78, 5) is 0. The summed E-state index contributed by atoms with van der Waals surface area (Å²) in [5.74, 6) is -0.228. The van der Waals surface area contributed by atoms with E-state index in [1.54, 1.807) is 6.07 Å². The van der Waals surface area contributed by atoms with Crippen molar-refractivity contribution in [1.29, 1.82) is 0 Å². The zero-order chi connectivity index (χ0) is 14.3. The lowest BCUT2D eigenvalue weighted by molar-refractivity contribution is 0.337.